The number of carbonyl (C=O) groups is 1. The van der Waals surface area contributed by atoms with Crippen molar-refractivity contribution in [3.05, 3.63) is 0 Å². The van der Waals surface area contributed by atoms with E-state index in [1.165, 1.54) is 19.3 Å². The molecule has 0 radical (unpaired) electrons. The number of nitrogens with one attached hydrogen (secondary N) is 1. The monoisotopic (exact) mass is 226 g/mol. The molecule has 1 aliphatic rings. The first-order valence-electron chi connectivity index (χ1n) is 6.60. The highest BCUT2D eigenvalue weighted by Crippen LogP contribution is 2.09. The van der Waals surface area contributed by atoms with Crippen molar-refractivity contribution >= 4 is 5.91 Å². The van der Waals surface area contributed by atoms with Crippen LogP contribution in [-0.4, -0.2) is 36.5 Å². The predicted octanol–water partition coefficient (Wildman–Crippen LogP) is 2.02. The summed E-state index contributed by atoms with van der Waals surface area (Å²) in [4.78, 5) is 13.7. The van der Waals surface area contributed by atoms with E-state index in [-0.39, 0.29) is 0 Å². The van der Waals surface area contributed by atoms with Gasteiger partial charge in [-0.1, -0.05) is 13.8 Å². The van der Waals surface area contributed by atoms with Crippen molar-refractivity contribution in [1.82, 2.24) is 10.2 Å². The zero-order chi connectivity index (χ0) is 12.0. The number of rotatable bonds is 6. The van der Waals surface area contributed by atoms with Gasteiger partial charge in [-0.05, 0) is 32.1 Å². The fourth-order valence-corrected chi connectivity index (χ4v) is 2.34. The first-order valence-corrected chi connectivity index (χ1v) is 6.60. The third kappa shape index (κ3) is 4.97. The van der Waals surface area contributed by atoms with Gasteiger partial charge >= 0.3 is 0 Å². The van der Waals surface area contributed by atoms with E-state index in [0.29, 0.717) is 18.4 Å². The first kappa shape index (κ1) is 13.5. The lowest BCUT2D eigenvalue weighted by Gasteiger charge is -2.18. The minimum Gasteiger partial charge on any atom is -0.343 e. The van der Waals surface area contributed by atoms with Crippen LogP contribution in [0.15, 0.2) is 0 Å². The van der Waals surface area contributed by atoms with Gasteiger partial charge in [0.1, 0.15) is 0 Å². The average molecular weight is 226 g/mol. The molecule has 3 heteroatoms. The molecule has 1 unspecified atom stereocenters. The van der Waals surface area contributed by atoms with Crippen LogP contribution in [-0.2, 0) is 4.79 Å². The zero-order valence-electron chi connectivity index (χ0n) is 11.0. The molecule has 1 fully saturated rings. The van der Waals surface area contributed by atoms with Gasteiger partial charge in [-0.25, -0.2) is 0 Å². The van der Waals surface area contributed by atoms with Gasteiger partial charge in [0.15, 0.2) is 0 Å². The Bertz CT molecular complexity index is 210. The van der Waals surface area contributed by atoms with Crippen molar-refractivity contribution in [3.63, 3.8) is 0 Å². The standard InChI is InChI=1S/C13H26N2O/c1-11(2)10-12(3)14-7-6-13(16)15-8-4-5-9-15/h11-12,14H,4-10H2,1-3H3. The van der Waals surface area contributed by atoms with E-state index in [4.69, 9.17) is 0 Å². The van der Waals surface area contributed by atoms with Gasteiger partial charge < -0.3 is 10.2 Å². The van der Waals surface area contributed by atoms with Crippen LogP contribution >= 0.6 is 0 Å². The predicted molar refractivity (Wildman–Crippen MR) is 67.4 cm³/mol. The Morgan fingerprint density at radius 1 is 1.25 bits per heavy atom. The first-order chi connectivity index (χ1) is 7.59. The van der Waals surface area contributed by atoms with E-state index < -0.39 is 0 Å². The van der Waals surface area contributed by atoms with Gasteiger partial charge in [-0.15, -0.1) is 0 Å². The van der Waals surface area contributed by atoms with Gasteiger partial charge in [-0.3, -0.25) is 4.79 Å². The molecule has 1 atom stereocenters. The summed E-state index contributed by atoms with van der Waals surface area (Å²) >= 11 is 0. The van der Waals surface area contributed by atoms with Gasteiger partial charge in [0, 0.05) is 32.1 Å². The van der Waals surface area contributed by atoms with E-state index >= 15 is 0 Å². The van der Waals surface area contributed by atoms with Gasteiger partial charge in [0.2, 0.25) is 5.91 Å². The van der Waals surface area contributed by atoms with Crippen molar-refractivity contribution in [1.29, 1.82) is 0 Å². The highest BCUT2D eigenvalue weighted by Gasteiger charge is 2.17. The van der Waals surface area contributed by atoms with Crippen LogP contribution in [0.2, 0.25) is 0 Å². The molecule has 16 heavy (non-hydrogen) atoms. The Morgan fingerprint density at radius 3 is 2.44 bits per heavy atom. The summed E-state index contributed by atoms with van der Waals surface area (Å²) in [5, 5.41) is 3.42. The quantitative estimate of drug-likeness (QED) is 0.751. The second-order valence-corrected chi connectivity index (χ2v) is 5.32. The molecule has 0 aliphatic carbocycles. The molecule has 0 bridgehead atoms. The molecular formula is C13H26N2O. The van der Waals surface area contributed by atoms with E-state index in [9.17, 15) is 4.79 Å². The fourth-order valence-electron chi connectivity index (χ4n) is 2.34. The SMILES string of the molecule is CC(C)CC(C)NCCC(=O)N1CCCC1. The summed E-state index contributed by atoms with van der Waals surface area (Å²) in [6.45, 7) is 9.42. The molecule has 1 rings (SSSR count). The number of likely N-dealkylation sites (tertiary alicyclic amines) is 1. The molecule has 0 aromatic rings. The lowest BCUT2D eigenvalue weighted by atomic mass is 10.1. The molecule has 1 N–H and O–H groups in total. The third-order valence-corrected chi connectivity index (χ3v) is 3.12. The Hall–Kier alpha value is -0.570. The summed E-state index contributed by atoms with van der Waals surface area (Å²) in [5.41, 5.74) is 0. The van der Waals surface area contributed by atoms with Crippen LogP contribution < -0.4 is 5.32 Å². The maximum atomic E-state index is 11.7. The summed E-state index contributed by atoms with van der Waals surface area (Å²) in [5.74, 6) is 1.04. The van der Waals surface area contributed by atoms with Crippen molar-refractivity contribution in [3.8, 4) is 0 Å². The lowest BCUT2D eigenvalue weighted by Crippen LogP contribution is -2.34. The summed E-state index contributed by atoms with van der Waals surface area (Å²) in [7, 11) is 0. The van der Waals surface area contributed by atoms with Crippen LogP contribution in [0, 0.1) is 5.92 Å². The number of carbonyl (C=O) groups excluding carboxylic acids is 1. The van der Waals surface area contributed by atoms with Crippen LogP contribution in [0.5, 0.6) is 0 Å². The maximum absolute atomic E-state index is 11.7. The normalized spacial score (nSPS) is 18.1. The fraction of sp³-hybridized carbons (Fsp3) is 0.923. The average Bonchev–Trinajstić information content (AvgIpc) is 2.68. The minimum atomic E-state index is 0.321. The zero-order valence-corrected chi connectivity index (χ0v) is 11.0. The largest absolute Gasteiger partial charge is 0.343 e. The van der Waals surface area contributed by atoms with E-state index in [2.05, 4.69) is 26.1 Å². The summed E-state index contributed by atoms with van der Waals surface area (Å²) < 4.78 is 0. The molecule has 0 spiro atoms. The highest BCUT2D eigenvalue weighted by molar-refractivity contribution is 5.76. The van der Waals surface area contributed by atoms with Gasteiger partial charge in [0.25, 0.3) is 0 Å². The summed E-state index contributed by atoms with van der Waals surface area (Å²) in [6.07, 6.45) is 4.20. The van der Waals surface area contributed by atoms with Crippen molar-refractivity contribution < 1.29 is 4.79 Å². The maximum Gasteiger partial charge on any atom is 0.223 e. The minimum absolute atomic E-state index is 0.321. The lowest BCUT2D eigenvalue weighted by molar-refractivity contribution is -0.130. The second kappa shape index (κ2) is 6.89. The van der Waals surface area contributed by atoms with Crippen LogP contribution in [0.4, 0.5) is 0 Å². The number of hydrogen-bond donors (Lipinski definition) is 1. The molecule has 0 aromatic carbocycles. The van der Waals surface area contributed by atoms with Gasteiger partial charge in [0.05, 0.1) is 0 Å². The van der Waals surface area contributed by atoms with Crippen molar-refractivity contribution in [2.45, 2.75) is 52.5 Å². The summed E-state index contributed by atoms with van der Waals surface area (Å²) in [6, 6.07) is 0.520. The van der Waals surface area contributed by atoms with Crippen LogP contribution in [0.25, 0.3) is 0 Å². The van der Waals surface area contributed by atoms with E-state index in [1.54, 1.807) is 0 Å². The van der Waals surface area contributed by atoms with Crippen molar-refractivity contribution in [2.75, 3.05) is 19.6 Å². The van der Waals surface area contributed by atoms with Crippen LogP contribution in [0.3, 0.4) is 0 Å². The van der Waals surface area contributed by atoms with Gasteiger partial charge in [-0.2, -0.15) is 0 Å². The molecule has 94 valence electrons. The number of nitrogens with zero attached hydrogens (tertiary/aromatic N) is 1. The Morgan fingerprint density at radius 2 is 1.88 bits per heavy atom. The topological polar surface area (TPSA) is 32.3 Å². The Labute approximate surface area is 99.6 Å². The molecule has 1 aliphatic heterocycles. The Balaban J connectivity index is 2.07. The smallest absolute Gasteiger partial charge is 0.223 e. The molecule has 1 heterocycles. The molecule has 3 nitrogen and oxygen atoms in total. The highest BCUT2D eigenvalue weighted by atomic mass is 16.2. The molecule has 1 amide bonds. The van der Waals surface area contributed by atoms with Crippen molar-refractivity contribution in [2.24, 2.45) is 5.92 Å². The molecule has 1 saturated heterocycles. The van der Waals surface area contributed by atoms with E-state index in [0.717, 1.165) is 25.6 Å². The molecule has 0 saturated carbocycles. The van der Waals surface area contributed by atoms with Crippen LogP contribution in [0.1, 0.15) is 46.5 Å². The van der Waals surface area contributed by atoms with E-state index in [1.807, 2.05) is 4.90 Å². The Kier molecular flexibility index (Phi) is 5.81. The second-order valence-electron chi connectivity index (χ2n) is 5.32. The third-order valence-electron chi connectivity index (χ3n) is 3.12. The number of hydrogen-bond acceptors (Lipinski definition) is 2. The number of amides is 1. The molecule has 0 aromatic heterocycles. The molecular weight excluding hydrogens is 200 g/mol.